The van der Waals surface area contributed by atoms with Crippen molar-refractivity contribution < 1.29 is 4.79 Å². The summed E-state index contributed by atoms with van der Waals surface area (Å²) >= 11 is 0. The van der Waals surface area contributed by atoms with Crippen LogP contribution >= 0.6 is 0 Å². The van der Waals surface area contributed by atoms with Crippen molar-refractivity contribution in [2.75, 3.05) is 7.05 Å². The summed E-state index contributed by atoms with van der Waals surface area (Å²) in [5.74, 6) is 0.806. The van der Waals surface area contributed by atoms with E-state index in [-0.39, 0.29) is 0 Å². The summed E-state index contributed by atoms with van der Waals surface area (Å²) in [6.45, 7) is 1.95. The number of rotatable bonds is 3. The van der Waals surface area contributed by atoms with E-state index in [1.165, 1.54) is 6.42 Å². The zero-order chi connectivity index (χ0) is 8.27. The van der Waals surface area contributed by atoms with E-state index >= 15 is 0 Å². The highest BCUT2D eigenvalue weighted by atomic mass is 16.1. The van der Waals surface area contributed by atoms with Crippen molar-refractivity contribution in [3.63, 3.8) is 0 Å². The number of Topliss-reactive ketones (excluding diaryl/α,β-unsaturated/α-hetero) is 1. The van der Waals surface area contributed by atoms with Crippen LogP contribution in [0.3, 0.4) is 0 Å². The maximum absolute atomic E-state index is 11.2. The van der Waals surface area contributed by atoms with E-state index in [9.17, 15) is 4.79 Å². The van der Waals surface area contributed by atoms with E-state index in [4.69, 9.17) is 0 Å². The van der Waals surface area contributed by atoms with E-state index in [0.717, 1.165) is 12.8 Å². The second-order valence-corrected chi connectivity index (χ2v) is 3.32. The van der Waals surface area contributed by atoms with Gasteiger partial charge in [0, 0.05) is 18.4 Å². The smallest absolute Gasteiger partial charge is 0.135 e. The highest BCUT2D eigenvalue weighted by Gasteiger charge is 2.27. The average Bonchev–Trinajstić information content (AvgIpc) is 2.50. The molecule has 1 saturated carbocycles. The summed E-state index contributed by atoms with van der Waals surface area (Å²) in [5.41, 5.74) is 0. The van der Waals surface area contributed by atoms with Crippen molar-refractivity contribution in [2.45, 2.75) is 38.6 Å². The Labute approximate surface area is 68.4 Å². The molecule has 2 nitrogen and oxygen atoms in total. The van der Waals surface area contributed by atoms with Crippen LogP contribution < -0.4 is 5.32 Å². The van der Waals surface area contributed by atoms with Gasteiger partial charge in [0.05, 0.1) is 0 Å². The lowest BCUT2D eigenvalue weighted by molar-refractivity contribution is -0.122. The van der Waals surface area contributed by atoms with E-state index < -0.39 is 0 Å². The zero-order valence-corrected chi connectivity index (χ0v) is 7.39. The molecule has 1 fully saturated rings. The monoisotopic (exact) mass is 155 g/mol. The van der Waals surface area contributed by atoms with Crippen molar-refractivity contribution in [2.24, 2.45) is 5.92 Å². The molecule has 0 unspecified atom stereocenters. The standard InChI is InChI=1S/C9H17NO/c1-3-9(11)7-4-5-8(6-7)10-2/h7-8,10H,3-6H2,1-2H3/t7-,8+/m0/s1. The van der Waals surface area contributed by atoms with Crippen LogP contribution in [0.15, 0.2) is 0 Å². The molecule has 0 bridgehead atoms. The molecular formula is C9H17NO. The number of carbonyl (C=O) groups is 1. The molecule has 0 aromatic rings. The summed E-state index contributed by atoms with van der Waals surface area (Å²) in [4.78, 5) is 11.2. The molecule has 1 N–H and O–H groups in total. The number of nitrogens with one attached hydrogen (secondary N) is 1. The minimum atomic E-state index is 0.359. The van der Waals surface area contributed by atoms with Gasteiger partial charge in [0.15, 0.2) is 0 Å². The Kier molecular flexibility index (Phi) is 3.06. The molecular weight excluding hydrogens is 138 g/mol. The molecule has 0 amide bonds. The van der Waals surface area contributed by atoms with Gasteiger partial charge in [-0.15, -0.1) is 0 Å². The quantitative estimate of drug-likeness (QED) is 0.666. The molecule has 0 aliphatic heterocycles. The maximum Gasteiger partial charge on any atom is 0.135 e. The van der Waals surface area contributed by atoms with Gasteiger partial charge < -0.3 is 5.32 Å². The molecule has 1 rings (SSSR count). The van der Waals surface area contributed by atoms with Crippen LogP contribution in [0.1, 0.15) is 32.6 Å². The van der Waals surface area contributed by atoms with E-state index in [0.29, 0.717) is 24.2 Å². The minimum Gasteiger partial charge on any atom is -0.317 e. The Hall–Kier alpha value is -0.370. The van der Waals surface area contributed by atoms with Crippen molar-refractivity contribution in [1.29, 1.82) is 0 Å². The number of carbonyl (C=O) groups excluding carboxylic acids is 1. The lowest BCUT2D eigenvalue weighted by Crippen LogP contribution is -2.22. The van der Waals surface area contributed by atoms with Gasteiger partial charge in [-0.3, -0.25) is 4.79 Å². The fraction of sp³-hybridized carbons (Fsp3) is 0.889. The third-order valence-electron chi connectivity index (χ3n) is 2.64. The van der Waals surface area contributed by atoms with Gasteiger partial charge in [0.2, 0.25) is 0 Å². The van der Waals surface area contributed by atoms with Gasteiger partial charge in [-0.2, -0.15) is 0 Å². The van der Waals surface area contributed by atoms with Crippen molar-refractivity contribution >= 4 is 5.78 Å². The fourth-order valence-corrected chi connectivity index (χ4v) is 1.82. The van der Waals surface area contributed by atoms with Crippen LogP contribution in [0.4, 0.5) is 0 Å². The van der Waals surface area contributed by atoms with Gasteiger partial charge in [0.25, 0.3) is 0 Å². The van der Waals surface area contributed by atoms with Crippen LogP contribution in [0.2, 0.25) is 0 Å². The SMILES string of the molecule is CCC(=O)[C@H]1CC[C@@H](NC)C1. The second kappa shape index (κ2) is 3.86. The van der Waals surface area contributed by atoms with Crippen molar-refractivity contribution in [3.8, 4) is 0 Å². The Morgan fingerprint density at radius 3 is 2.73 bits per heavy atom. The first-order chi connectivity index (χ1) is 5.27. The number of hydrogen-bond donors (Lipinski definition) is 1. The van der Waals surface area contributed by atoms with E-state index in [2.05, 4.69) is 5.32 Å². The van der Waals surface area contributed by atoms with Crippen LogP contribution in [-0.4, -0.2) is 18.9 Å². The Balaban J connectivity index is 2.35. The summed E-state index contributed by atoms with van der Waals surface area (Å²) in [6.07, 6.45) is 4.04. The molecule has 0 aromatic heterocycles. The number of hydrogen-bond acceptors (Lipinski definition) is 2. The van der Waals surface area contributed by atoms with Gasteiger partial charge >= 0.3 is 0 Å². The maximum atomic E-state index is 11.2. The molecule has 0 radical (unpaired) electrons. The fourth-order valence-electron chi connectivity index (χ4n) is 1.82. The predicted octanol–water partition coefficient (Wildman–Crippen LogP) is 1.35. The predicted molar refractivity (Wildman–Crippen MR) is 45.5 cm³/mol. The lowest BCUT2D eigenvalue weighted by atomic mass is 10.0. The number of ketones is 1. The Morgan fingerprint density at radius 1 is 1.55 bits per heavy atom. The van der Waals surface area contributed by atoms with Crippen LogP contribution in [0.5, 0.6) is 0 Å². The van der Waals surface area contributed by atoms with E-state index in [1.807, 2.05) is 14.0 Å². The summed E-state index contributed by atoms with van der Waals surface area (Å²) < 4.78 is 0. The van der Waals surface area contributed by atoms with Gasteiger partial charge in [-0.1, -0.05) is 6.92 Å². The molecule has 11 heavy (non-hydrogen) atoms. The first kappa shape index (κ1) is 8.72. The summed E-state index contributed by atoms with van der Waals surface area (Å²) in [7, 11) is 1.98. The van der Waals surface area contributed by atoms with Crippen molar-refractivity contribution in [3.05, 3.63) is 0 Å². The molecule has 2 atom stereocenters. The molecule has 0 heterocycles. The Morgan fingerprint density at radius 2 is 2.27 bits per heavy atom. The molecule has 0 spiro atoms. The first-order valence-electron chi connectivity index (χ1n) is 4.48. The Bertz CT molecular complexity index is 144. The van der Waals surface area contributed by atoms with Gasteiger partial charge in [-0.05, 0) is 26.3 Å². The molecule has 1 aliphatic rings. The summed E-state index contributed by atoms with van der Waals surface area (Å²) in [6, 6.07) is 0.593. The minimum absolute atomic E-state index is 0.359. The van der Waals surface area contributed by atoms with Crippen LogP contribution in [-0.2, 0) is 4.79 Å². The molecule has 0 saturated heterocycles. The topological polar surface area (TPSA) is 29.1 Å². The van der Waals surface area contributed by atoms with Gasteiger partial charge in [-0.25, -0.2) is 0 Å². The lowest BCUT2D eigenvalue weighted by Gasteiger charge is -2.07. The van der Waals surface area contributed by atoms with Gasteiger partial charge in [0.1, 0.15) is 5.78 Å². The second-order valence-electron chi connectivity index (χ2n) is 3.32. The van der Waals surface area contributed by atoms with Crippen LogP contribution in [0.25, 0.3) is 0 Å². The highest BCUT2D eigenvalue weighted by Crippen LogP contribution is 2.26. The third kappa shape index (κ3) is 2.03. The third-order valence-corrected chi connectivity index (χ3v) is 2.64. The largest absolute Gasteiger partial charge is 0.317 e. The van der Waals surface area contributed by atoms with Crippen LogP contribution in [0, 0.1) is 5.92 Å². The molecule has 64 valence electrons. The first-order valence-corrected chi connectivity index (χ1v) is 4.48. The normalized spacial score (nSPS) is 30.7. The molecule has 1 aliphatic carbocycles. The molecule has 0 aromatic carbocycles. The highest BCUT2D eigenvalue weighted by molar-refractivity contribution is 5.80. The van der Waals surface area contributed by atoms with E-state index in [1.54, 1.807) is 0 Å². The summed E-state index contributed by atoms with van der Waals surface area (Å²) in [5, 5.41) is 3.22. The zero-order valence-electron chi connectivity index (χ0n) is 7.39. The van der Waals surface area contributed by atoms with Crippen molar-refractivity contribution in [1.82, 2.24) is 5.32 Å². The molecule has 2 heteroatoms. The average molecular weight is 155 g/mol.